The Balaban J connectivity index is 2.54. The summed E-state index contributed by atoms with van der Waals surface area (Å²) in [5, 5.41) is 0. The summed E-state index contributed by atoms with van der Waals surface area (Å²) in [6, 6.07) is 3.84. The lowest BCUT2D eigenvalue weighted by atomic mass is 10.2. The first kappa shape index (κ1) is 11.9. The number of hydrogen-bond acceptors (Lipinski definition) is 4. The highest BCUT2D eigenvalue weighted by Gasteiger charge is 2.12. The van der Waals surface area contributed by atoms with Crippen molar-refractivity contribution in [1.82, 2.24) is 5.43 Å². The van der Waals surface area contributed by atoms with E-state index in [2.05, 4.69) is 5.43 Å². The third-order valence-electron chi connectivity index (χ3n) is 1.73. The van der Waals surface area contributed by atoms with Crippen molar-refractivity contribution in [3.8, 4) is 0 Å². The molecule has 80 valence electrons. The molecule has 0 aliphatic heterocycles. The highest BCUT2D eigenvalue weighted by atomic mass is 35.5. The molecule has 0 aromatic carbocycles. The van der Waals surface area contributed by atoms with E-state index in [1.807, 2.05) is 26.0 Å². The minimum atomic E-state index is 0.0231. The van der Waals surface area contributed by atoms with Gasteiger partial charge in [-0.1, -0.05) is 11.6 Å². The molecule has 1 aromatic rings. The fourth-order valence-electron chi connectivity index (χ4n) is 1.02. The van der Waals surface area contributed by atoms with Crippen molar-refractivity contribution in [3.63, 3.8) is 0 Å². The molecule has 1 rings (SSSR count). The van der Waals surface area contributed by atoms with Crippen molar-refractivity contribution in [2.75, 3.05) is 6.61 Å². The van der Waals surface area contributed by atoms with Gasteiger partial charge in [0.15, 0.2) is 0 Å². The van der Waals surface area contributed by atoms with Gasteiger partial charge in [0.2, 0.25) is 0 Å². The second-order valence-electron chi connectivity index (χ2n) is 3.24. The molecule has 1 aromatic heterocycles. The quantitative estimate of drug-likeness (QED) is 0.607. The number of halogens is 1. The van der Waals surface area contributed by atoms with Gasteiger partial charge in [0.1, 0.15) is 0 Å². The van der Waals surface area contributed by atoms with Crippen LogP contribution in [-0.4, -0.2) is 12.7 Å². The summed E-state index contributed by atoms with van der Waals surface area (Å²) in [7, 11) is 0. The zero-order valence-electron chi connectivity index (χ0n) is 8.29. The topological polar surface area (TPSA) is 47.3 Å². The van der Waals surface area contributed by atoms with E-state index in [1.54, 1.807) is 0 Å². The largest absolute Gasteiger partial charge is 0.377 e. The SMILES string of the molecule is CC(C)OCC(NN)c1ccc(Cl)s1. The molecule has 0 aliphatic rings. The van der Waals surface area contributed by atoms with Crippen molar-refractivity contribution in [2.45, 2.75) is 26.0 Å². The van der Waals surface area contributed by atoms with Gasteiger partial charge in [-0.25, -0.2) is 5.43 Å². The van der Waals surface area contributed by atoms with Crippen LogP contribution in [0, 0.1) is 0 Å². The van der Waals surface area contributed by atoms with E-state index in [0.29, 0.717) is 6.61 Å². The molecule has 0 fully saturated rings. The maximum absolute atomic E-state index is 5.83. The van der Waals surface area contributed by atoms with Gasteiger partial charge in [-0.3, -0.25) is 5.84 Å². The number of ether oxygens (including phenoxy) is 1. The predicted octanol–water partition coefficient (Wildman–Crippen LogP) is 2.33. The Labute approximate surface area is 93.2 Å². The van der Waals surface area contributed by atoms with Gasteiger partial charge >= 0.3 is 0 Å². The third-order valence-corrected chi connectivity index (χ3v) is 3.08. The van der Waals surface area contributed by atoms with Crippen LogP contribution in [0.5, 0.6) is 0 Å². The van der Waals surface area contributed by atoms with E-state index < -0.39 is 0 Å². The maximum Gasteiger partial charge on any atom is 0.0931 e. The molecule has 1 atom stereocenters. The van der Waals surface area contributed by atoms with Gasteiger partial charge in [0.05, 0.1) is 23.1 Å². The second kappa shape index (κ2) is 5.68. The molecule has 0 radical (unpaired) electrons. The lowest BCUT2D eigenvalue weighted by Crippen LogP contribution is -2.31. The van der Waals surface area contributed by atoms with Crippen molar-refractivity contribution >= 4 is 22.9 Å². The number of nitrogens with one attached hydrogen (secondary N) is 1. The zero-order chi connectivity index (χ0) is 10.6. The van der Waals surface area contributed by atoms with Gasteiger partial charge in [-0.05, 0) is 26.0 Å². The third kappa shape index (κ3) is 3.55. The molecule has 0 saturated heterocycles. The molecule has 3 N–H and O–H groups in total. The molecular weight excluding hydrogens is 220 g/mol. The van der Waals surface area contributed by atoms with E-state index in [4.69, 9.17) is 22.2 Å². The van der Waals surface area contributed by atoms with Crippen molar-refractivity contribution in [2.24, 2.45) is 5.84 Å². The van der Waals surface area contributed by atoms with E-state index in [0.717, 1.165) is 9.21 Å². The normalized spacial score (nSPS) is 13.5. The standard InChI is InChI=1S/C9H15ClN2OS/c1-6(2)13-5-7(12-11)8-3-4-9(10)14-8/h3-4,6-7,12H,5,11H2,1-2H3. The Morgan fingerprint density at radius 1 is 1.57 bits per heavy atom. The van der Waals surface area contributed by atoms with Gasteiger partial charge < -0.3 is 4.74 Å². The van der Waals surface area contributed by atoms with E-state index in [9.17, 15) is 0 Å². The molecule has 0 spiro atoms. The first-order valence-electron chi connectivity index (χ1n) is 4.46. The van der Waals surface area contributed by atoms with Crippen LogP contribution >= 0.6 is 22.9 Å². The summed E-state index contributed by atoms with van der Waals surface area (Å²) in [5.41, 5.74) is 2.71. The number of hydrazine groups is 1. The molecule has 1 heterocycles. The number of hydrogen-bond donors (Lipinski definition) is 2. The van der Waals surface area contributed by atoms with E-state index in [-0.39, 0.29) is 12.1 Å². The van der Waals surface area contributed by atoms with Crippen LogP contribution in [0.25, 0.3) is 0 Å². The summed E-state index contributed by atoms with van der Waals surface area (Å²) in [5.74, 6) is 5.43. The molecular formula is C9H15ClN2OS. The Kier molecular flexibility index (Phi) is 4.84. The van der Waals surface area contributed by atoms with Crippen molar-refractivity contribution in [1.29, 1.82) is 0 Å². The molecule has 5 heteroatoms. The number of rotatable bonds is 5. The van der Waals surface area contributed by atoms with Crippen molar-refractivity contribution in [3.05, 3.63) is 21.3 Å². The lowest BCUT2D eigenvalue weighted by molar-refractivity contribution is 0.0618. The average molecular weight is 235 g/mol. The smallest absolute Gasteiger partial charge is 0.0931 e. The lowest BCUT2D eigenvalue weighted by Gasteiger charge is -2.16. The molecule has 3 nitrogen and oxygen atoms in total. The minimum Gasteiger partial charge on any atom is -0.377 e. The highest BCUT2D eigenvalue weighted by Crippen LogP contribution is 2.26. The number of thiophene rings is 1. The fraction of sp³-hybridized carbons (Fsp3) is 0.556. The summed E-state index contributed by atoms with van der Waals surface area (Å²) < 4.78 is 6.25. The molecule has 0 aliphatic carbocycles. The van der Waals surface area contributed by atoms with Crippen LogP contribution in [0.1, 0.15) is 24.8 Å². The minimum absolute atomic E-state index is 0.0231. The van der Waals surface area contributed by atoms with E-state index >= 15 is 0 Å². The first-order valence-corrected chi connectivity index (χ1v) is 5.66. The van der Waals surface area contributed by atoms with Crippen LogP contribution in [0.4, 0.5) is 0 Å². The van der Waals surface area contributed by atoms with Crippen LogP contribution in [0.3, 0.4) is 0 Å². The van der Waals surface area contributed by atoms with Gasteiger partial charge in [0, 0.05) is 4.88 Å². The maximum atomic E-state index is 5.83. The monoisotopic (exact) mass is 234 g/mol. The van der Waals surface area contributed by atoms with Crippen LogP contribution in [0.15, 0.2) is 12.1 Å². The van der Waals surface area contributed by atoms with Crippen LogP contribution < -0.4 is 11.3 Å². The molecule has 0 bridgehead atoms. The van der Waals surface area contributed by atoms with E-state index in [1.165, 1.54) is 11.3 Å². The van der Waals surface area contributed by atoms with Crippen LogP contribution in [-0.2, 0) is 4.74 Å². The molecule has 1 unspecified atom stereocenters. The fourth-order valence-corrected chi connectivity index (χ4v) is 2.12. The number of nitrogens with two attached hydrogens (primary N) is 1. The van der Waals surface area contributed by atoms with Gasteiger partial charge in [-0.2, -0.15) is 0 Å². The van der Waals surface area contributed by atoms with Crippen LogP contribution in [0.2, 0.25) is 4.34 Å². The second-order valence-corrected chi connectivity index (χ2v) is 4.99. The van der Waals surface area contributed by atoms with Crippen molar-refractivity contribution < 1.29 is 4.74 Å². The Morgan fingerprint density at radius 2 is 2.29 bits per heavy atom. The Morgan fingerprint density at radius 3 is 2.71 bits per heavy atom. The predicted molar refractivity (Wildman–Crippen MR) is 60.5 cm³/mol. The first-order chi connectivity index (χ1) is 6.63. The molecule has 14 heavy (non-hydrogen) atoms. The Hall–Kier alpha value is -0.130. The summed E-state index contributed by atoms with van der Waals surface area (Å²) in [6.07, 6.45) is 0.210. The molecule has 0 amide bonds. The summed E-state index contributed by atoms with van der Waals surface area (Å²) in [6.45, 7) is 4.55. The average Bonchev–Trinajstić information content (AvgIpc) is 2.53. The van der Waals surface area contributed by atoms with Gasteiger partial charge in [-0.15, -0.1) is 11.3 Å². The molecule has 0 saturated carbocycles. The highest BCUT2D eigenvalue weighted by molar-refractivity contribution is 7.16. The Bertz CT molecular complexity index is 278. The van der Waals surface area contributed by atoms with Gasteiger partial charge in [0.25, 0.3) is 0 Å². The summed E-state index contributed by atoms with van der Waals surface area (Å²) >= 11 is 7.35. The summed E-state index contributed by atoms with van der Waals surface area (Å²) in [4.78, 5) is 1.10. The zero-order valence-corrected chi connectivity index (χ0v) is 9.86.